The lowest BCUT2D eigenvalue weighted by Gasteiger charge is -2.13. The first-order valence-electron chi connectivity index (χ1n) is 7.22. The van der Waals surface area contributed by atoms with Crippen LogP contribution in [0, 0.1) is 12.7 Å². The summed E-state index contributed by atoms with van der Waals surface area (Å²) < 4.78 is 19.6. The van der Waals surface area contributed by atoms with Crippen LogP contribution < -0.4 is 10.5 Å². The third kappa shape index (κ3) is 3.58. The highest BCUT2D eigenvalue weighted by molar-refractivity contribution is 5.66. The summed E-state index contributed by atoms with van der Waals surface area (Å²) in [5.74, 6) is 0.379. The Bertz CT molecular complexity index is 628. The number of hydrogen-bond acceptors (Lipinski definition) is 3. The maximum Gasteiger partial charge on any atom is 0.131 e. The quantitative estimate of drug-likeness (QED) is 0.904. The van der Waals surface area contributed by atoms with Crippen molar-refractivity contribution in [2.75, 3.05) is 6.61 Å². The zero-order chi connectivity index (χ0) is 15.4. The smallest absolute Gasteiger partial charge is 0.131 e. The van der Waals surface area contributed by atoms with Gasteiger partial charge in [0.1, 0.15) is 11.6 Å². The molecule has 1 atom stereocenters. The number of aryl methyl sites for hydroxylation is 1. The molecule has 21 heavy (non-hydrogen) atoms. The first kappa shape index (κ1) is 15.4. The minimum Gasteiger partial charge on any atom is -0.494 e. The first-order valence-corrected chi connectivity index (χ1v) is 7.22. The van der Waals surface area contributed by atoms with Gasteiger partial charge in [-0.05, 0) is 56.2 Å². The summed E-state index contributed by atoms with van der Waals surface area (Å²) in [7, 11) is 0. The van der Waals surface area contributed by atoms with Gasteiger partial charge in [0.2, 0.25) is 0 Å². The molecule has 0 amide bonds. The van der Waals surface area contributed by atoms with Gasteiger partial charge in [-0.2, -0.15) is 0 Å². The summed E-state index contributed by atoms with van der Waals surface area (Å²) in [6.45, 7) is 6.34. The van der Waals surface area contributed by atoms with E-state index in [-0.39, 0.29) is 11.9 Å². The molecular formula is C17H21FN2O. The van der Waals surface area contributed by atoms with Crippen LogP contribution in [0.15, 0.2) is 30.3 Å². The molecule has 2 aromatic rings. The van der Waals surface area contributed by atoms with Gasteiger partial charge >= 0.3 is 0 Å². The average molecular weight is 288 g/mol. The van der Waals surface area contributed by atoms with Gasteiger partial charge in [0, 0.05) is 17.3 Å². The molecule has 1 heterocycles. The number of halogens is 1. The number of ether oxygens (including phenoxy) is 1. The van der Waals surface area contributed by atoms with Crippen LogP contribution in [0.25, 0.3) is 11.1 Å². The van der Waals surface area contributed by atoms with Gasteiger partial charge in [0.05, 0.1) is 12.3 Å². The van der Waals surface area contributed by atoms with Crippen molar-refractivity contribution in [3.8, 4) is 16.9 Å². The van der Waals surface area contributed by atoms with Crippen molar-refractivity contribution in [3.63, 3.8) is 0 Å². The van der Waals surface area contributed by atoms with Crippen LogP contribution >= 0.6 is 0 Å². The van der Waals surface area contributed by atoms with E-state index in [0.717, 1.165) is 23.4 Å². The van der Waals surface area contributed by atoms with E-state index in [1.807, 2.05) is 32.9 Å². The molecule has 0 bridgehead atoms. The summed E-state index contributed by atoms with van der Waals surface area (Å²) in [4.78, 5) is 4.44. The van der Waals surface area contributed by atoms with Crippen molar-refractivity contribution in [1.82, 2.24) is 4.98 Å². The largest absolute Gasteiger partial charge is 0.494 e. The van der Waals surface area contributed by atoms with Crippen LogP contribution in [0.3, 0.4) is 0 Å². The predicted molar refractivity (Wildman–Crippen MR) is 82.8 cm³/mol. The molecule has 0 radical (unpaired) electrons. The average Bonchev–Trinajstić information content (AvgIpc) is 2.48. The van der Waals surface area contributed by atoms with Gasteiger partial charge in [-0.15, -0.1) is 0 Å². The summed E-state index contributed by atoms with van der Waals surface area (Å²) in [6, 6.07) is 8.36. The predicted octanol–water partition coefficient (Wildman–Crippen LogP) is 4.00. The van der Waals surface area contributed by atoms with Gasteiger partial charge in [-0.25, -0.2) is 4.39 Å². The second-order valence-electron chi connectivity index (χ2n) is 5.01. The molecule has 2 rings (SSSR count). The number of benzene rings is 1. The Labute approximate surface area is 125 Å². The molecule has 2 N–H and O–H groups in total. The number of hydrogen-bond donors (Lipinski definition) is 1. The summed E-state index contributed by atoms with van der Waals surface area (Å²) in [5, 5.41) is 0. The molecule has 4 heteroatoms. The Hall–Kier alpha value is -1.94. The van der Waals surface area contributed by atoms with E-state index in [9.17, 15) is 4.39 Å². The van der Waals surface area contributed by atoms with Gasteiger partial charge < -0.3 is 10.5 Å². The number of nitrogens with two attached hydrogens (primary N) is 1. The highest BCUT2D eigenvalue weighted by Gasteiger charge is 2.12. The van der Waals surface area contributed by atoms with E-state index in [1.54, 1.807) is 12.1 Å². The van der Waals surface area contributed by atoms with E-state index < -0.39 is 0 Å². The summed E-state index contributed by atoms with van der Waals surface area (Å²) in [6.07, 6.45) is 0.789. The van der Waals surface area contributed by atoms with Gasteiger partial charge in [-0.3, -0.25) is 4.98 Å². The van der Waals surface area contributed by atoms with Crippen LogP contribution in [0.2, 0.25) is 0 Å². The maximum atomic E-state index is 14.1. The van der Waals surface area contributed by atoms with Crippen molar-refractivity contribution < 1.29 is 9.13 Å². The number of rotatable bonds is 5. The molecule has 0 aliphatic heterocycles. The summed E-state index contributed by atoms with van der Waals surface area (Å²) >= 11 is 0. The molecule has 1 unspecified atom stereocenters. The van der Waals surface area contributed by atoms with Crippen LogP contribution in [-0.4, -0.2) is 11.6 Å². The third-order valence-electron chi connectivity index (χ3n) is 3.35. The standard InChI is InChI=1S/C17H21FN2O/c1-4-16(19)17-9-12(8-11(3)20-17)14-10-13(21-5-2)6-7-15(14)18/h6-10,16H,4-5,19H2,1-3H3. The fourth-order valence-corrected chi connectivity index (χ4v) is 2.23. The van der Waals surface area contributed by atoms with E-state index in [0.29, 0.717) is 17.9 Å². The lowest BCUT2D eigenvalue weighted by atomic mass is 10.0. The van der Waals surface area contributed by atoms with Gasteiger partial charge in [-0.1, -0.05) is 6.92 Å². The monoisotopic (exact) mass is 288 g/mol. The number of pyridine rings is 1. The fourth-order valence-electron chi connectivity index (χ4n) is 2.23. The normalized spacial score (nSPS) is 12.2. The minimum atomic E-state index is -0.278. The molecule has 0 fully saturated rings. The fraction of sp³-hybridized carbons (Fsp3) is 0.353. The third-order valence-corrected chi connectivity index (χ3v) is 3.35. The molecule has 3 nitrogen and oxygen atoms in total. The highest BCUT2D eigenvalue weighted by Crippen LogP contribution is 2.29. The number of aromatic nitrogens is 1. The van der Waals surface area contributed by atoms with Crippen molar-refractivity contribution >= 4 is 0 Å². The zero-order valence-corrected chi connectivity index (χ0v) is 12.7. The minimum absolute atomic E-state index is 0.137. The Morgan fingerprint density at radius 1 is 1.24 bits per heavy atom. The Morgan fingerprint density at radius 3 is 2.67 bits per heavy atom. The van der Waals surface area contributed by atoms with Crippen molar-refractivity contribution in [3.05, 3.63) is 47.5 Å². The lowest BCUT2D eigenvalue weighted by molar-refractivity contribution is 0.340. The van der Waals surface area contributed by atoms with E-state index >= 15 is 0 Å². The lowest BCUT2D eigenvalue weighted by Crippen LogP contribution is -2.11. The Balaban J connectivity index is 2.50. The maximum absolute atomic E-state index is 14.1. The molecule has 112 valence electrons. The number of nitrogens with zero attached hydrogens (tertiary/aromatic N) is 1. The molecule has 0 aliphatic rings. The Morgan fingerprint density at radius 2 is 2.00 bits per heavy atom. The molecular weight excluding hydrogens is 267 g/mol. The molecule has 0 spiro atoms. The van der Waals surface area contributed by atoms with Crippen LogP contribution in [0.1, 0.15) is 37.7 Å². The second-order valence-corrected chi connectivity index (χ2v) is 5.01. The van der Waals surface area contributed by atoms with E-state index in [4.69, 9.17) is 10.5 Å². The topological polar surface area (TPSA) is 48.1 Å². The van der Waals surface area contributed by atoms with Gasteiger partial charge in [0.25, 0.3) is 0 Å². The van der Waals surface area contributed by atoms with Crippen molar-refractivity contribution in [2.24, 2.45) is 5.73 Å². The van der Waals surface area contributed by atoms with Crippen molar-refractivity contribution in [1.29, 1.82) is 0 Å². The van der Waals surface area contributed by atoms with E-state index in [2.05, 4.69) is 4.98 Å². The zero-order valence-electron chi connectivity index (χ0n) is 12.7. The molecule has 0 saturated carbocycles. The SMILES string of the molecule is CCOc1ccc(F)c(-c2cc(C)nc(C(N)CC)c2)c1. The second kappa shape index (κ2) is 6.68. The Kier molecular flexibility index (Phi) is 4.91. The van der Waals surface area contributed by atoms with Crippen LogP contribution in [-0.2, 0) is 0 Å². The molecule has 1 aromatic carbocycles. The van der Waals surface area contributed by atoms with Crippen molar-refractivity contribution in [2.45, 2.75) is 33.2 Å². The highest BCUT2D eigenvalue weighted by atomic mass is 19.1. The molecule has 1 aromatic heterocycles. The summed E-state index contributed by atoms with van der Waals surface area (Å²) in [5.41, 5.74) is 8.95. The van der Waals surface area contributed by atoms with Crippen LogP contribution in [0.4, 0.5) is 4.39 Å². The van der Waals surface area contributed by atoms with E-state index in [1.165, 1.54) is 6.07 Å². The first-order chi connectivity index (χ1) is 10.0. The molecule has 0 aliphatic carbocycles. The molecule has 0 saturated heterocycles. The van der Waals surface area contributed by atoms with Crippen LogP contribution in [0.5, 0.6) is 5.75 Å². The van der Waals surface area contributed by atoms with Gasteiger partial charge in [0.15, 0.2) is 0 Å².